The molecule has 0 heterocycles. The number of aliphatic imine (C=N–C) groups is 1. The van der Waals surface area contributed by atoms with Gasteiger partial charge in [0.15, 0.2) is 5.96 Å². The van der Waals surface area contributed by atoms with Gasteiger partial charge in [0.2, 0.25) is 0 Å². The molecule has 0 aromatic heterocycles. The van der Waals surface area contributed by atoms with Crippen LogP contribution in [0.3, 0.4) is 0 Å². The summed E-state index contributed by atoms with van der Waals surface area (Å²) in [6.45, 7) is 3.71. The van der Waals surface area contributed by atoms with Gasteiger partial charge in [-0.3, -0.25) is 4.99 Å². The molecule has 0 unspecified atom stereocenters. The largest absolute Gasteiger partial charge is 0.497 e. The molecule has 2 aromatic rings. The molecule has 0 aliphatic heterocycles. The summed E-state index contributed by atoms with van der Waals surface area (Å²) in [6.07, 6.45) is 1.02. The first-order chi connectivity index (χ1) is 11.7. The van der Waals surface area contributed by atoms with Crippen molar-refractivity contribution >= 4 is 11.6 Å². The average Bonchev–Trinajstić information content (AvgIpc) is 2.62. The Morgan fingerprint density at radius 3 is 2.33 bits per heavy atom. The summed E-state index contributed by atoms with van der Waals surface area (Å²) in [6, 6.07) is 16.0. The lowest BCUT2D eigenvalue weighted by atomic mass is 10.1. The third kappa shape index (κ3) is 5.93. The van der Waals surface area contributed by atoms with E-state index in [1.807, 2.05) is 36.4 Å². The van der Waals surface area contributed by atoms with Gasteiger partial charge >= 0.3 is 0 Å². The van der Waals surface area contributed by atoms with Crippen molar-refractivity contribution in [1.82, 2.24) is 0 Å². The summed E-state index contributed by atoms with van der Waals surface area (Å²) < 4.78 is 10.7. The Morgan fingerprint density at radius 2 is 1.71 bits per heavy atom. The number of anilines is 1. The normalized spacial score (nSPS) is 11.3. The third-order valence-electron chi connectivity index (χ3n) is 3.58. The highest BCUT2D eigenvalue weighted by atomic mass is 16.5. The zero-order valence-electron chi connectivity index (χ0n) is 14.3. The van der Waals surface area contributed by atoms with Gasteiger partial charge in [-0.2, -0.15) is 0 Å². The fourth-order valence-corrected chi connectivity index (χ4v) is 2.15. The number of benzene rings is 2. The number of guanidine groups is 1. The second kappa shape index (κ2) is 9.57. The number of hydrogen-bond acceptors (Lipinski definition) is 3. The van der Waals surface area contributed by atoms with Crippen molar-refractivity contribution in [3.05, 3.63) is 59.7 Å². The van der Waals surface area contributed by atoms with E-state index >= 15 is 0 Å². The van der Waals surface area contributed by atoms with E-state index in [0.717, 1.165) is 23.4 Å². The molecule has 3 N–H and O–H groups in total. The number of ether oxygens (including phenoxy) is 2. The highest BCUT2D eigenvalue weighted by Crippen LogP contribution is 2.12. The fourth-order valence-electron chi connectivity index (χ4n) is 2.15. The molecule has 0 aliphatic rings. The van der Waals surface area contributed by atoms with E-state index in [1.54, 1.807) is 7.11 Å². The molecule has 24 heavy (non-hydrogen) atoms. The van der Waals surface area contributed by atoms with E-state index in [0.29, 0.717) is 25.7 Å². The molecule has 0 radical (unpaired) electrons. The molecule has 0 amide bonds. The van der Waals surface area contributed by atoms with Crippen molar-refractivity contribution in [2.45, 2.75) is 20.0 Å². The van der Waals surface area contributed by atoms with Crippen LogP contribution in [0.25, 0.3) is 0 Å². The smallest absolute Gasteiger partial charge is 0.193 e. The molecular formula is C19H25N3O2. The molecule has 0 saturated heterocycles. The fraction of sp³-hybridized carbons (Fsp3) is 0.316. The topological polar surface area (TPSA) is 68.9 Å². The van der Waals surface area contributed by atoms with Gasteiger partial charge in [0.25, 0.3) is 0 Å². The molecule has 5 nitrogen and oxygen atoms in total. The molecule has 0 aliphatic carbocycles. The lowest BCUT2D eigenvalue weighted by molar-refractivity contribution is 0.128. The van der Waals surface area contributed by atoms with Crippen LogP contribution in [0.1, 0.15) is 18.1 Å². The van der Waals surface area contributed by atoms with E-state index in [-0.39, 0.29) is 0 Å². The summed E-state index contributed by atoms with van der Waals surface area (Å²) >= 11 is 0. The minimum absolute atomic E-state index is 0.396. The standard InChI is InChI=1S/C19H25N3O2/c1-3-15-4-8-17(9-5-15)22-19(20)21-12-13-24-14-16-6-10-18(23-2)11-7-16/h4-11H,3,12-14H2,1-2H3,(H3,20,21,22). The Balaban J connectivity index is 1.68. The van der Waals surface area contributed by atoms with Crippen LogP contribution in [0.2, 0.25) is 0 Å². The first-order valence-corrected chi connectivity index (χ1v) is 8.08. The number of rotatable bonds is 8. The number of nitrogens with two attached hydrogens (primary N) is 1. The molecule has 5 heteroatoms. The zero-order valence-corrected chi connectivity index (χ0v) is 14.3. The molecule has 0 bridgehead atoms. The Bertz CT molecular complexity index is 637. The lowest BCUT2D eigenvalue weighted by Gasteiger charge is -2.07. The number of hydrogen-bond donors (Lipinski definition) is 2. The van der Waals surface area contributed by atoms with Gasteiger partial charge in [0, 0.05) is 5.69 Å². The van der Waals surface area contributed by atoms with Crippen molar-refractivity contribution in [2.75, 3.05) is 25.6 Å². The molecule has 128 valence electrons. The molecule has 0 fully saturated rings. The van der Waals surface area contributed by atoms with Gasteiger partial charge in [-0.1, -0.05) is 31.2 Å². The van der Waals surface area contributed by atoms with Crippen LogP contribution in [-0.2, 0) is 17.8 Å². The van der Waals surface area contributed by atoms with E-state index in [4.69, 9.17) is 15.2 Å². The van der Waals surface area contributed by atoms with E-state index in [9.17, 15) is 0 Å². The van der Waals surface area contributed by atoms with Crippen molar-refractivity contribution in [2.24, 2.45) is 10.7 Å². The third-order valence-corrected chi connectivity index (χ3v) is 3.58. The first kappa shape index (κ1) is 17.8. The highest BCUT2D eigenvalue weighted by molar-refractivity contribution is 5.92. The van der Waals surface area contributed by atoms with Crippen LogP contribution >= 0.6 is 0 Å². The van der Waals surface area contributed by atoms with Crippen LogP contribution in [0.15, 0.2) is 53.5 Å². The Hall–Kier alpha value is -2.53. The maximum Gasteiger partial charge on any atom is 0.193 e. The van der Waals surface area contributed by atoms with E-state index in [1.165, 1.54) is 5.56 Å². The van der Waals surface area contributed by atoms with E-state index < -0.39 is 0 Å². The predicted molar refractivity (Wildman–Crippen MR) is 98.6 cm³/mol. The predicted octanol–water partition coefficient (Wildman–Crippen LogP) is 3.20. The van der Waals surface area contributed by atoms with Gasteiger partial charge in [-0.25, -0.2) is 0 Å². The SMILES string of the molecule is CCc1ccc(NC(N)=NCCOCc2ccc(OC)cc2)cc1. The summed E-state index contributed by atoms with van der Waals surface area (Å²) in [5, 5.41) is 3.07. The van der Waals surface area contributed by atoms with Gasteiger partial charge in [-0.15, -0.1) is 0 Å². The van der Waals surface area contributed by atoms with Crippen molar-refractivity contribution in [3.63, 3.8) is 0 Å². The Labute approximate surface area is 143 Å². The summed E-state index contributed by atoms with van der Waals surface area (Å²) in [5.41, 5.74) is 9.20. The molecule has 2 rings (SSSR count). The van der Waals surface area contributed by atoms with Crippen LogP contribution < -0.4 is 15.8 Å². The second-order valence-corrected chi connectivity index (χ2v) is 5.34. The number of nitrogens with one attached hydrogen (secondary N) is 1. The van der Waals surface area contributed by atoms with Crippen LogP contribution in [0.4, 0.5) is 5.69 Å². The molecule has 2 aromatic carbocycles. The van der Waals surface area contributed by atoms with Gasteiger partial charge in [0.1, 0.15) is 5.75 Å². The van der Waals surface area contributed by atoms with Crippen molar-refractivity contribution < 1.29 is 9.47 Å². The Kier molecular flexibility index (Phi) is 7.11. The van der Waals surface area contributed by atoms with Gasteiger partial charge < -0.3 is 20.5 Å². The summed E-state index contributed by atoms with van der Waals surface area (Å²) in [4.78, 5) is 4.26. The number of methoxy groups -OCH3 is 1. The second-order valence-electron chi connectivity index (χ2n) is 5.34. The number of nitrogens with zero attached hydrogens (tertiary/aromatic N) is 1. The highest BCUT2D eigenvalue weighted by Gasteiger charge is 1.97. The van der Waals surface area contributed by atoms with Crippen LogP contribution in [-0.4, -0.2) is 26.2 Å². The monoisotopic (exact) mass is 327 g/mol. The van der Waals surface area contributed by atoms with E-state index in [2.05, 4.69) is 29.4 Å². The molecular weight excluding hydrogens is 302 g/mol. The van der Waals surface area contributed by atoms with Crippen LogP contribution in [0.5, 0.6) is 5.75 Å². The quantitative estimate of drug-likeness (QED) is 0.444. The lowest BCUT2D eigenvalue weighted by Crippen LogP contribution is -2.23. The first-order valence-electron chi connectivity index (χ1n) is 8.08. The van der Waals surface area contributed by atoms with Crippen molar-refractivity contribution in [1.29, 1.82) is 0 Å². The minimum Gasteiger partial charge on any atom is -0.497 e. The van der Waals surface area contributed by atoms with Crippen LogP contribution in [0, 0.1) is 0 Å². The summed E-state index contributed by atoms with van der Waals surface area (Å²) in [7, 11) is 1.65. The Morgan fingerprint density at radius 1 is 1.04 bits per heavy atom. The maximum atomic E-state index is 5.87. The number of aryl methyl sites for hydroxylation is 1. The molecule has 0 saturated carbocycles. The average molecular weight is 327 g/mol. The molecule has 0 spiro atoms. The van der Waals surface area contributed by atoms with Crippen molar-refractivity contribution in [3.8, 4) is 5.75 Å². The minimum atomic E-state index is 0.396. The van der Waals surface area contributed by atoms with Gasteiger partial charge in [-0.05, 0) is 41.8 Å². The van der Waals surface area contributed by atoms with Gasteiger partial charge in [0.05, 0.1) is 26.9 Å². The maximum absolute atomic E-state index is 5.87. The molecule has 0 atom stereocenters. The zero-order chi connectivity index (χ0) is 17.2. The summed E-state index contributed by atoms with van der Waals surface area (Å²) in [5.74, 6) is 1.24.